The predicted octanol–water partition coefficient (Wildman–Crippen LogP) is 3.52. The fraction of sp³-hybridized carbons (Fsp3) is 0.357. The van der Waals surface area contributed by atoms with Crippen LogP contribution in [-0.4, -0.2) is 14.9 Å². The minimum atomic E-state index is -0.561. The number of aliphatic hydroxyl groups excluding tert-OH is 1. The van der Waals surface area contributed by atoms with E-state index in [9.17, 15) is 5.11 Å². The molecule has 0 aliphatic rings. The first-order valence-corrected chi connectivity index (χ1v) is 7.62. The first-order valence-electron chi connectivity index (χ1n) is 6.16. The van der Waals surface area contributed by atoms with Crippen molar-refractivity contribution in [2.24, 2.45) is 7.05 Å². The largest absolute Gasteiger partial charge is 0.388 e. The standard InChI is InChI=1S/C14H16ClIN2O/c1-3-11-14(15)12(18(2)17-11)8-13(19)9-4-6-10(16)7-5-9/h4-7,13,19H,3,8H2,1-2H3. The molecule has 0 fully saturated rings. The highest BCUT2D eigenvalue weighted by molar-refractivity contribution is 14.1. The number of nitrogens with zero attached hydrogens (tertiary/aromatic N) is 2. The summed E-state index contributed by atoms with van der Waals surface area (Å²) in [7, 11) is 1.86. The zero-order chi connectivity index (χ0) is 14.0. The smallest absolute Gasteiger partial charge is 0.0850 e. The molecule has 3 nitrogen and oxygen atoms in total. The number of aromatic nitrogens is 2. The van der Waals surface area contributed by atoms with Crippen molar-refractivity contribution in [3.63, 3.8) is 0 Å². The van der Waals surface area contributed by atoms with Crippen molar-refractivity contribution < 1.29 is 5.11 Å². The molecule has 5 heteroatoms. The summed E-state index contributed by atoms with van der Waals surface area (Å²) in [6, 6.07) is 7.86. The van der Waals surface area contributed by atoms with Gasteiger partial charge in [-0.2, -0.15) is 5.10 Å². The van der Waals surface area contributed by atoms with Gasteiger partial charge in [-0.3, -0.25) is 4.68 Å². The molecule has 0 radical (unpaired) electrons. The summed E-state index contributed by atoms with van der Waals surface area (Å²) in [6.07, 6.45) is 0.712. The average molecular weight is 391 g/mol. The first-order chi connectivity index (χ1) is 9.02. The molecule has 0 spiro atoms. The predicted molar refractivity (Wildman–Crippen MR) is 85.4 cm³/mol. The van der Waals surface area contributed by atoms with E-state index < -0.39 is 6.10 Å². The van der Waals surface area contributed by atoms with Crippen LogP contribution in [0.5, 0.6) is 0 Å². The van der Waals surface area contributed by atoms with Crippen molar-refractivity contribution in [2.75, 3.05) is 0 Å². The highest BCUT2D eigenvalue weighted by Crippen LogP contribution is 2.26. The van der Waals surface area contributed by atoms with E-state index in [1.807, 2.05) is 38.2 Å². The van der Waals surface area contributed by atoms with E-state index in [1.165, 1.54) is 0 Å². The Morgan fingerprint density at radius 3 is 2.53 bits per heavy atom. The monoisotopic (exact) mass is 390 g/mol. The summed E-state index contributed by atoms with van der Waals surface area (Å²) in [6.45, 7) is 2.02. The number of halogens is 2. The second kappa shape index (κ2) is 6.24. The van der Waals surface area contributed by atoms with E-state index in [0.29, 0.717) is 11.4 Å². The van der Waals surface area contributed by atoms with Crippen LogP contribution in [0.2, 0.25) is 5.02 Å². The maximum absolute atomic E-state index is 10.3. The van der Waals surface area contributed by atoms with Gasteiger partial charge in [0.15, 0.2) is 0 Å². The Bertz CT molecular complexity index is 566. The van der Waals surface area contributed by atoms with Gasteiger partial charge in [-0.25, -0.2) is 0 Å². The SMILES string of the molecule is CCc1nn(C)c(CC(O)c2ccc(I)cc2)c1Cl. The maximum Gasteiger partial charge on any atom is 0.0850 e. The van der Waals surface area contributed by atoms with Crippen LogP contribution >= 0.6 is 34.2 Å². The van der Waals surface area contributed by atoms with Crippen molar-refractivity contribution >= 4 is 34.2 Å². The van der Waals surface area contributed by atoms with Gasteiger partial charge in [0.05, 0.1) is 22.5 Å². The van der Waals surface area contributed by atoms with Gasteiger partial charge in [0, 0.05) is 17.0 Å². The van der Waals surface area contributed by atoms with Gasteiger partial charge in [-0.05, 0) is 46.7 Å². The Kier molecular flexibility index (Phi) is 4.86. The van der Waals surface area contributed by atoms with Gasteiger partial charge >= 0.3 is 0 Å². The second-order valence-corrected chi connectivity index (χ2v) is 6.08. The minimum absolute atomic E-state index is 0.475. The number of hydrogen-bond donors (Lipinski definition) is 1. The van der Waals surface area contributed by atoms with Crippen molar-refractivity contribution in [2.45, 2.75) is 25.9 Å². The summed E-state index contributed by atoms with van der Waals surface area (Å²) < 4.78 is 2.91. The van der Waals surface area contributed by atoms with Crippen LogP contribution in [0.4, 0.5) is 0 Å². The number of rotatable bonds is 4. The molecule has 0 bridgehead atoms. The molecule has 1 aromatic heterocycles. The van der Waals surface area contributed by atoms with Gasteiger partial charge in [0.2, 0.25) is 0 Å². The lowest BCUT2D eigenvalue weighted by Crippen LogP contribution is -2.06. The van der Waals surface area contributed by atoms with Crippen LogP contribution in [0.3, 0.4) is 0 Å². The van der Waals surface area contributed by atoms with Crippen molar-refractivity contribution in [3.05, 3.63) is 49.8 Å². The Labute approximate surface area is 131 Å². The topological polar surface area (TPSA) is 38.0 Å². The third-order valence-electron chi connectivity index (χ3n) is 3.14. The minimum Gasteiger partial charge on any atom is -0.388 e. The quantitative estimate of drug-likeness (QED) is 0.811. The molecule has 0 saturated heterocycles. The lowest BCUT2D eigenvalue weighted by atomic mass is 10.0. The maximum atomic E-state index is 10.3. The summed E-state index contributed by atoms with van der Waals surface area (Å²) in [5, 5.41) is 15.3. The van der Waals surface area contributed by atoms with Gasteiger partial charge < -0.3 is 5.11 Å². The van der Waals surface area contributed by atoms with E-state index in [1.54, 1.807) is 4.68 Å². The third-order valence-corrected chi connectivity index (χ3v) is 4.30. The van der Waals surface area contributed by atoms with E-state index >= 15 is 0 Å². The van der Waals surface area contributed by atoms with E-state index in [0.717, 1.165) is 26.9 Å². The molecule has 2 aromatic rings. The third kappa shape index (κ3) is 3.30. The average Bonchev–Trinajstić information content (AvgIpc) is 2.67. The van der Waals surface area contributed by atoms with E-state index in [-0.39, 0.29) is 0 Å². The number of aryl methyl sites for hydroxylation is 2. The zero-order valence-corrected chi connectivity index (χ0v) is 13.8. The van der Waals surface area contributed by atoms with Crippen molar-refractivity contribution in [1.29, 1.82) is 0 Å². The molecule has 0 saturated carbocycles. The fourth-order valence-electron chi connectivity index (χ4n) is 2.03. The lowest BCUT2D eigenvalue weighted by Gasteiger charge is -2.11. The highest BCUT2D eigenvalue weighted by Gasteiger charge is 2.17. The Morgan fingerprint density at radius 2 is 2.00 bits per heavy atom. The van der Waals surface area contributed by atoms with Gasteiger partial charge in [0.25, 0.3) is 0 Å². The number of benzene rings is 1. The van der Waals surface area contributed by atoms with E-state index in [4.69, 9.17) is 11.6 Å². The Balaban J connectivity index is 2.21. The summed E-state index contributed by atoms with van der Waals surface area (Å²) in [5.41, 5.74) is 2.66. The number of aliphatic hydroxyl groups is 1. The van der Waals surface area contributed by atoms with Crippen LogP contribution in [-0.2, 0) is 19.9 Å². The van der Waals surface area contributed by atoms with Gasteiger partial charge in [-0.1, -0.05) is 30.7 Å². The molecular formula is C14H16ClIN2O. The van der Waals surface area contributed by atoms with Crippen LogP contribution in [0.1, 0.15) is 30.0 Å². The molecule has 1 heterocycles. The first kappa shape index (κ1) is 14.8. The molecule has 2 rings (SSSR count). The normalized spacial score (nSPS) is 12.7. The van der Waals surface area contributed by atoms with Crippen molar-refractivity contribution in [1.82, 2.24) is 9.78 Å². The zero-order valence-electron chi connectivity index (χ0n) is 10.9. The molecule has 0 aliphatic carbocycles. The molecule has 1 aromatic carbocycles. The Morgan fingerprint density at radius 1 is 1.37 bits per heavy atom. The molecule has 1 N–H and O–H groups in total. The highest BCUT2D eigenvalue weighted by atomic mass is 127. The van der Waals surface area contributed by atoms with Crippen molar-refractivity contribution in [3.8, 4) is 0 Å². The van der Waals surface area contributed by atoms with Gasteiger partial charge in [0.1, 0.15) is 0 Å². The molecule has 102 valence electrons. The Hall–Kier alpha value is -0.590. The number of hydrogen-bond acceptors (Lipinski definition) is 2. The lowest BCUT2D eigenvalue weighted by molar-refractivity contribution is 0.176. The van der Waals surface area contributed by atoms with Crippen LogP contribution in [0.15, 0.2) is 24.3 Å². The second-order valence-electron chi connectivity index (χ2n) is 4.46. The van der Waals surface area contributed by atoms with Gasteiger partial charge in [-0.15, -0.1) is 0 Å². The van der Waals surface area contributed by atoms with Crippen LogP contribution in [0.25, 0.3) is 0 Å². The molecule has 1 unspecified atom stereocenters. The summed E-state index contributed by atoms with van der Waals surface area (Å²) in [4.78, 5) is 0. The summed E-state index contributed by atoms with van der Waals surface area (Å²) in [5.74, 6) is 0. The fourth-order valence-corrected chi connectivity index (χ4v) is 2.76. The molecule has 19 heavy (non-hydrogen) atoms. The van der Waals surface area contributed by atoms with Crippen LogP contribution < -0.4 is 0 Å². The van der Waals surface area contributed by atoms with Crippen LogP contribution in [0, 0.1) is 3.57 Å². The summed E-state index contributed by atoms with van der Waals surface area (Å²) >= 11 is 8.54. The molecular weight excluding hydrogens is 375 g/mol. The van der Waals surface area contributed by atoms with E-state index in [2.05, 4.69) is 27.7 Å². The molecule has 1 atom stereocenters. The molecule has 0 amide bonds. The molecule has 0 aliphatic heterocycles.